The highest BCUT2D eigenvalue weighted by atomic mass is 16.5. The van der Waals surface area contributed by atoms with E-state index in [1.807, 2.05) is 37.3 Å². The van der Waals surface area contributed by atoms with Gasteiger partial charge in [0.05, 0.1) is 25.7 Å². The van der Waals surface area contributed by atoms with Crippen LogP contribution in [0.2, 0.25) is 0 Å². The van der Waals surface area contributed by atoms with Crippen molar-refractivity contribution in [3.05, 3.63) is 59.3 Å². The number of carboxylic acid groups (broad SMARTS) is 1. The maximum absolute atomic E-state index is 12.7. The number of morpholine rings is 1. The summed E-state index contributed by atoms with van der Waals surface area (Å²) in [4.78, 5) is 30.6. The average Bonchev–Trinajstić information content (AvgIpc) is 2.68. The van der Waals surface area contributed by atoms with Crippen molar-refractivity contribution < 1.29 is 19.4 Å². The first kappa shape index (κ1) is 18.8. The molecule has 1 aromatic heterocycles. The lowest BCUT2D eigenvalue weighted by molar-refractivity contribution is -0.137. The zero-order valence-corrected chi connectivity index (χ0v) is 15.2. The fourth-order valence-electron chi connectivity index (χ4n) is 3.14. The van der Waals surface area contributed by atoms with Crippen molar-refractivity contribution in [2.45, 2.75) is 19.4 Å². The Morgan fingerprint density at radius 3 is 2.63 bits per heavy atom. The molecule has 1 atom stereocenters. The van der Waals surface area contributed by atoms with E-state index in [2.05, 4.69) is 15.2 Å². The van der Waals surface area contributed by atoms with Crippen molar-refractivity contribution in [1.82, 2.24) is 10.3 Å². The number of hydrogen-bond acceptors (Lipinski definition) is 5. The topological polar surface area (TPSA) is 91.8 Å². The number of rotatable bonds is 6. The van der Waals surface area contributed by atoms with Crippen LogP contribution < -0.4 is 10.2 Å². The van der Waals surface area contributed by atoms with Gasteiger partial charge in [0.2, 0.25) is 0 Å². The van der Waals surface area contributed by atoms with E-state index in [4.69, 9.17) is 4.74 Å². The molecule has 27 heavy (non-hydrogen) atoms. The predicted octanol–water partition coefficient (Wildman–Crippen LogP) is 2.17. The second kappa shape index (κ2) is 8.64. The van der Waals surface area contributed by atoms with Crippen LogP contribution in [-0.2, 0) is 9.53 Å². The van der Waals surface area contributed by atoms with Crippen LogP contribution in [-0.4, -0.2) is 48.3 Å². The summed E-state index contributed by atoms with van der Waals surface area (Å²) < 4.78 is 5.34. The van der Waals surface area contributed by atoms with Gasteiger partial charge in [-0.3, -0.25) is 9.59 Å². The third-order valence-electron chi connectivity index (χ3n) is 4.55. The SMILES string of the molecule is Cc1ccccc1[C@H](CC(=O)O)NC(=O)c1cccc(N2CCOCC2)n1. The molecule has 0 radical (unpaired) electrons. The minimum Gasteiger partial charge on any atom is -0.481 e. The first-order chi connectivity index (χ1) is 13.0. The summed E-state index contributed by atoms with van der Waals surface area (Å²) in [6.45, 7) is 4.61. The van der Waals surface area contributed by atoms with Gasteiger partial charge >= 0.3 is 5.97 Å². The molecule has 1 amide bonds. The van der Waals surface area contributed by atoms with E-state index in [0.717, 1.165) is 30.0 Å². The Morgan fingerprint density at radius 1 is 1.19 bits per heavy atom. The van der Waals surface area contributed by atoms with Crippen LogP contribution >= 0.6 is 0 Å². The Hall–Kier alpha value is -2.93. The van der Waals surface area contributed by atoms with E-state index in [0.29, 0.717) is 13.2 Å². The lowest BCUT2D eigenvalue weighted by atomic mass is 9.98. The van der Waals surface area contributed by atoms with Crippen LogP contribution in [0.4, 0.5) is 5.82 Å². The highest BCUT2D eigenvalue weighted by Crippen LogP contribution is 2.21. The third kappa shape index (κ3) is 4.83. The second-order valence-corrected chi connectivity index (χ2v) is 6.46. The number of carboxylic acids is 1. The van der Waals surface area contributed by atoms with Gasteiger partial charge in [0.1, 0.15) is 11.5 Å². The summed E-state index contributed by atoms with van der Waals surface area (Å²) in [6.07, 6.45) is -0.195. The van der Waals surface area contributed by atoms with E-state index in [1.165, 1.54) is 0 Å². The molecule has 2 aromatic rings. The summed E-state index contributed by atoms with van der Waals surface area (Å²) in [5, 5.41) is 12.1. The number of nitrogens with one attached hydrogen (secondary N) is 1. The minimum absolute atomic E-state index is 0.195. The fourth-order valence-corrected chi connectivity index (χ4v) is 3.14. The number of benzene rings is 1. The van der Waals surface area contributed by atoms with Gasteiger partial charge in [0.15, 0.2) is 0 Å². The van der Waals surface area contributed by atoms with E-state index in [1.54, 1.807) is 12.1 Å². The number of carbonyl (C=O) groups is 2. The number of pyridine rings is 1. The Bertz CT molecular complexity index is 818. The van der Waals surface area contributed by atoms with Crippen molar-refractivity contribution in [3.63, 3.8) is 0 Å². The minimum atomic E-state index is -0.974. The summed E-state index contributed by atoms with van der Waals surface area (Å²) in [6, 6.07) is 12.1. The molecular weight excluding hydrogens is 346 g/mol. The largest absolute Gasteiger partial charge is 0.481 e. The molecule has 3 rings (SSSR count). The van der Waals surface area contributed by atoms with E-state index < -0.39 is 12.0 Å². The third-order valence-corrected chi connectivity index (χ3v) is 4.55. The number of carbonyl (C=O) groups excluding carboxylic acids is 1. The van der Waals surface area contributed by atoms with Crippen molar-refractivity contribution >= 4 is 17.7 Å². The van der Waals surface area contributed by atoms with E-state index in [9.17, 15) is 14.7 Å². The predicted molar refractivity (Wildman–Crippen MR) is 101 cm³/mol. The molecule has 0 aliphatic carbocycles. The van der Waals surface area contributed by atoms with Crippen LogP contribution in [0.3, 0.4) is 0 Å². The normalized spacial score (nSPS) is 15.2. The molecule has 1 saturated heterocycles. The molecule has 142 valence electrons. The first-order valence-corrected chi connectivity index (χ1v) is 8.92. The molecule has 0 saturated carbocycles. The molecular formula is C20H23N3O4. The zero-order chi connectivity index (χ0) is 19.2. The summed E-state index contributed by atoms with van der Waals surface area (Å²) in [5.74, 6) is -0.644. The van der Waals surface area contributed by atoms with Gasteiger partial charge in [-0.2, -0.15) is 0 Å². The number of nitrogens with zero attached hydrogens (tertiary/aromatic N) is 2. The Balaban J connectivity index is 1.79. The van der Waals surface area contributed by atoms with Crippen molar-refractivity contribution in [1.29, 1.82) is 0 Å². The quantitative estimate of drug-likeness (QED) is 0.811. The molecule has 1 aliphatic heterocycles. The standard InChI is InChI=1S/C20H23N3O4/c1-14-5-2-3-6-15(14)17(13-19(24)25)22-20(26)16-7-4-8-18(21-16)23-9-11-27-12-10-23/h2-8,17H,9-13H2,1H3,(H,22,26)(H,24,25)/t17-/m0/s1. The number of amides is 1. The van der Waals surface area contributed by atoms with Crippen LogP contribution in [0.15, 0.2) is 42.5 Å². The van der Waals surface area contributed by atoms with Gasteiger partial charge in [0.25, 0.3) is 5.91 Å². The highest BCUT2D eigenvalue weighted by molar-refractivity contribution is 5.93. The maximum Gasteiger partial charge on any atom is 0.305 e. The second-order valence-electron chi connectivity index (χ2n) is 6.46. The van der Waals surface area contributed by atoms with Crippen LogP contribution in [0, 0.1) is 6.92 Å². The number of aryl methyl sites for hydroxylation is 1. The molecule has 2 N–H and O–H groups in total. The van der Waals surface area contributed by atoms with Gasteiger partial charge in [-0.05, 0) is 30.2 Å². The summed E-state index contributed by atoms with van der Waals surface area (Å²) >= 11 is 0. The van der Waals surface area contributed by atoms with Gasteiger partial charge in [0, 0.05) is 13.1 Å². The van der Waals surface area contributed by atoms with Gasteiger partial charge in [-0.15, -0.1) is 0 Å². The molecule has 0 unspecified atom stereocenters. The van der Waals surface area contributed by atoms with Crippen molar-refractivity contribution in [2.24, 2.45) is 0 Å². The van der Waals surface area contributed by atoms with E-state index in [-0.39, 0.29) is 18.0 Å². The molecule has 1 aromatic carbocycles. The molecule has 7 heteroatoms. The first-order valence-electron chi connectivity index (χ1n) is 8.92. The Kier molecular flexibility index (Phi) is 6.03. The highest BCUT2D eigenvalue weighted by Gasteiger charge is 2.22. The molecule has 7 nitrogen and oxygen atoms in total. The molecule has 0 spiro atoms. The lowest BCUT2D eigenvalue weighted by Gasteiger charge is -2.28. The maximum atomic E-state index is 12.7. The van der Waals surface area contributed by atoms with Crippen LogP contribution in [0.5, 0.6) is 0 Å². The molecule has 1 aliphatic rings. The van der Waals surface area contributed by atoms with Gasteiger partial charge in [-0.25, -0.2) is 4.98 Å². The van der Waals surface area contributed by atoms with Crippen LogP contribution in [0.25, 0.3) is 0 Å². The monoisotopic (exact) mass is 369 g/mol. The van der Waals surface area contributed by atoms with Gasteiger partial charge in [-0.1, -0.05) is 30.3 Å². The summed E-state index contributed by atoms with van der Waals surface area (Å²) in [7, 11) is 0. The number of ether oxygens (including phenoxy) is 1. The smallest absolute Gasteiger partial charge is 0.305 e. The Labute approximate surface area is 158 Å². The van der Waals surface area contributed by atoms with E-state index >= 15 is 0 Å². The molecule has 2 heterocycles. The summed E-state index contributed by atoms with van der Waals surface area (Å²) in [5.41, 5.74) is 1.99. The number of hydrogen-bond donors (Lipinski definition) is 2. The van der Waals surface area contributed by atoms with Crippen molar-refractivity contribution in [3.8, 4) is 0 Å². The molecule has 0 bridgehead atoms. The number of anilines is 1. The van der Waals surface area contributed by atoms with Crippen molar-refractivity contribution in [2.75, 3.05) is 31.2 Å². The number of aromatic nitrogens is 1. The Morgan fingerprint density at radius 2 is 1.93 bits per heavy atom. The number of aliphatic carboxylic acids is 1. The zero-order valence-electron chi connectivity index (χ0n) is 15.2. The lowest BCUT2D eigenvalue weighted by Crippen LogP contribution is -2.37. The van der Waals surface area contributed by atoms with Crippen LogP contribution in [0.1, 0.15) is 34.1 Å². The average molecular weight is 369 g/mol. The molecule has 1 fully saturated rings. The fraction of sp³-hybridized carbons (Fsp3) is 0.350. The van der Waals surface area contributed by atoms with Gasteiger partial charge < -0.3 is 20.1 Å².